The van der Waals surface area contributed by atoms with E-state index in [-0.39, 0.29) is 17.6 Å². The first-order valence-corrected chi connectivity index (χ1v) is 10.4. The quantitative estimate of drug-likeness (QED) is 0.817. The Kier molecular flexibility index (Phi) is 4.76. The molecular formula is C23H27N3O3. The molecule has 0 radical (unpaired) electrons. The zero-order chi connectivity index (χ0) is 19.8. The average molecular weight is 393 g/mol. The second-order valence-corrected chi connectivity index (χ2v) is 8.48. The molecule has 152 valence electrons. The van der Waals surface area contributed by atoms with Crippen LogP contribution in [-0.2, 0) is 11.3 Å². The second-order valence-electron chi connectivity index (χ2n) is 8.48. The number of nitrogens with zero attached hydrogens (tertiary/aromatic N) is 2. The predicted octanol–water partition coefficient (Wildman–Crippen LogP) is 2.50. The molecule has 0 saturated carbocycles. The van der Waals surface area contributed by atoms with Crippen molar-refractivity contribution in [3.8, 4) is 5.88 Å². The third-order valence-corrected chi connectivity index (χ3v) is 6.81. The summed E-state index contributed by atoms with van der Waals surface area (Å²) in [7, 11) is 1.57. The van der Waals surface area contributed by atoms with Crippen LogP contribution in [0.4, 0.5) is 0 Å². The number of hydrogen-bond acceptors (Lipinski definition) is 5. The maximum atomic E-state index is 12.6. The standard InChI is InChI=1S/C23H27N3O3/c1-28-21-8-7-17(11-24-21)22(27)25-12-18-19-14-26(13-16-5-3-2-4-6-16)15-23(19)10-9-20(18)29-23/h2-8,11,18-20H,9-10,12-15H2,1H3,(H,25,27)/t18-,19+,20+,23+/m0/s1. The van der Waals surface area contributed by atoms with Gasteiger partial charge >= 0.3 is 0 Å². The summed E-state index contributed by atoms with van der Waals surface area (Å²) in [6, 6.07) is 14.1. The number of carbonyl (C=O) groups excluding carboxylic acids is 1. The Morgan fingerprint density at radius 3 is 2.93 bits per heavy atom. The SMILES string of the molecule is COc1ccc(C(=O)NC[C@H]2[C@H]3CN(Cc4ccccc4)C[C@]34CC[C@H]2O4)cn1. The minimum absolute atomic E-state index is 0.0174. The van der Waals surface area contributed by atoms with Gasteiger partial charge < -0.3 is 14.8 Å². The van der Waals surface area contributed by atoms with Gasteiger partial charge in [-0.3, -0.25) is 9.69 Å². The van der Waals surface area contributed by atoms with Crippen LogP contribution in [0.15, 0.2) is 48.7 Å². The van der Waals surface area contributed by atoms with Crippen molar-refractivity contribution in [3.63, 3.8) is 0 Å². The van der Waals surface area contributed by atoms with Gasteiger partial charge in [0.15, 0.2) is 0 Å². The van der Waals surface area contributed by atoms with E-state index >= 15 is 0 Å². The van der Waals surface area contributed by atoms with Crippen molar-refractivity contribution in [2.24, 2.45) is 11.8 Å². The molecule has 6 heteroatoms. The highest BCUT2D eigenvalue weighted by molar-refractivity contribution is 5.93. The Morgan fingerprint density at radius 2 is 2.17 bits per heavy atom. The van der Waals surface area contributed by atoms with E-state index in [2.05, 4.69) is 45.5 Å². The van der Waals surface area contributed by atoms with Crippen molar-refractivity contribution in [1.82, 2.24) is 15.2 Å². The summed E-state index contributed by atoms with van der Waals surface area (Å²) in [5.41, 5.74) is 1.88. The van der Waals surface area contributed by atoms with Crippen molar-refractivity contribution >= 4 is 5.91 Å². The topological polar surface area (TPSA) is 63.7 Å². The molecule has 2 aromatic rings. The molecule has 4 atom stereocenters. The lowest BCUT2D eigenvalue weighted by Crippen LogP contribution is -2.41. The highest BCUT2D eigenvalue weighted by Gasteiger charge is 2.62. The monoisotopic (exact) mass is 393 g/mol. The number of ether oxygens (including phenoxy) is 2. The van der Waals surface area contributed by atoms with Gasteiger partial charge in [-0.25, -0.2) is 4.98 Å². The summed E-state index contributed by atoms with van der Waals surface area (Å²) in [6.45, 7) is 3.65. The Bertz CT molecular complexity index is 873. The molecular weight excluding hydrogens is 366 g/mol. The Balaban J connectivity index is 1.23. The Labute approximate surface area is 171 Å². The summed E-state index contributed by atoms with van der Waals surface area (Å²) in [5.74, 6) is 1.28. The number of carbonyl (C=O) groups is 1. The molecule has 3 saturated heterocycles. The number of nitrogens with one attached hydrogen (secondary N) is 1. The van der Waals surface area contributed by atoms with E-state index in [4.69, 9.17) is 9.47 Å². The van der Waals surface area contributed by atoms with Crippen LogP contribution in [0.5, 0.6) is 5.88 Å². The van der Waals surface area contributed by atoms with Crippen LogP contribution in [-0.4, -0.2) is 54.2 Å². The number of aromatic nitrogens is 1. The van der Waals surface area contributed by atoms with Gasteiger partial charge in [-0.1, -0.05) is 30.3 Å². The lowest BCUT2D eigenvalue weighted by Gasteiger charge is -2.29. The lowest BCUT2D eigenvalue weighted by atomic mass is 9.73. The second kappa shape index (κ2) is 7.43. The van der Waals surface area contributed by atoms with Crippen molar-refractivity contribution in [3.05, 3.63) is 59.8 Å². The molecule has 1 N–H and O–H groups in total. The first-order valence-electron chi connectivity index (χ1n) is 10.4. The van der Waals surface area contributed by atoms with E-state index in [1.54, 1.807) is 25.4 Å². The van der Waals surface area contributed by atoms with E-state index in [0.717, 1.165) is 32.5 Å². The summed E-state index contributed by atoms with van der Waals surface area (Å²) < 4.78 is 11.6. The van der Waals surface area contributed by atoms with E-state index in [1.165, 1.54) is 5.56 Å². The number of fused-ring (bicyclic) bond motifs is 1. The molecule has 3 aliphatic heterocycles. The molecule has 1 aromatic heterocycles. The van der Waals surface area contributed by atoms with E-state index in [9.17, 15) is 4.79 Å². The maximum Gasteiger partial charge on any atom is 0.252 e. The molecule has 4 heterocycles. The van der Waals surface area contributed by atoms with Crippen molar-refractivity contribution in [1.29, 1.82) is 0 Å². The zero-order valence-electron chi connectivity index (χ0n) is 16.7. The summed E-state index contributed by atoms with van der Waals surface area (Å²) >= 11 is 0. The molecule has 1 spiro atoms. The number of pyridine rings is 1. The largest absolute Gasteiger partial charge is 0.481 e. The van der Waals surface area contributed by atoms with Crippen LogP contribution < -0.4 is 10.1 Å². The molecule has 0 aliphatic carbocycles. The fourth-order valence-electron chi connectivity index (χ4n) is 5.47. The zero-order valence-corrected chi connectivity index (χ0v) is 16.7. The third kappa shape index (κ3) is 3.40. The molecule has 2 bridgehead atoms. The van der Waals surface area contributed by atoms with Gasteiger partial charge in [-0.05, 0) is 24.5 Å². The molecule has 6 nitrogen and oxygen atoms in total. The van der Waals surface area contributed by atoms with Gasteiger partial charge in [0.05, 0.1) is 24.4 Å². The van der Waals surface area contributed by atoms with Crippen molar-refractivity contribution in [2.75, 3.05) is 26.7 Å². The van der Waals surface area contributed by atoms with Crippen molar-refractivity contribution in [2.45, 2.75) is 31.1 Å². The van der Waals surface area contributed by atoms with Gasteiger partial charge in [0.1, 0.15) is 0 Å². The number of hydrogen-bond donors (Lipinski definition) is 1. The molecule has 1 amide bonds. The Morgan fingerprint density at radius 1 is 1.31 bits per heavy atom. The van der Waals surface area contributed by atoms with Gasteiger partial charge in [-0.15, -0.1) is 0 Å². The minimum atomic E-state index is -0.0869. The number of rotatable bonds is 6. The molecule has 5 rings (SSSR count). The van der Waals surface area contributed by atoms with Crippen LogP contribution in [0.1, 0.15) is 28.8 Å². The smallest absolute Gasteiger partial charge is 0.252 e. The summed E-state index contributed by atoms with van der Waals surface area (Å²) in [5, 5.41) is 3.12. The number of likely N-dealkylation sites (tertiary alicyclic amines) is 1. The number of methoxy groups -OCH3 is 1. The third-order valence-electron chi connectivity index (χ3n) is 6.81. The summed E-state index contributed by atoms with van der Waals surface area (Å²) in [4.78, 5) is 19.2. The first kappa shape index (κ1) is 18.6. The molecule has 3 fully saturated rings. The predicted molar refractivity (Wildman–Crippen MR) is 109 cm³/mol. The van der Waals surface area contributed by atoms with E-state index in [0.29, 0.717) is 29.8 Å². The van der Waals surface area contributed by atoms with Crippen LogP contribution >= 0.6 is 0 Å². The first-order chi connectivity index (χ1) is 14.2. The normalized spacial score (nSPS) is 30.3. The number of benzene rings is 1. The van der Waals surface area contributed by atoms with Gasteiger partial charge in [0.25, 0.3) is 5.91 Å². The van der Waals surface area contributed by atoms with Crippen molar-refractivity contribution < 1.29 is 14.3 Å². The molecule has 1 aromatic carbocycles. The van der Waals surface area contributed by atoms with Crippen LogP contribution in [0.25, 0.3) is 0 Å². The van der Waals surface area contributed by atoms with E-state index < -0.39 is 0 Å². The fraction of sp³-hybridized carbons (Fsp3) is 0.478. The highest BCUT2D eigenvalue weighted by Crippen LogP contribution is 2.54. The van der Waals surface area contributed by atoms with E-state index in [1.807, 2.05) is 0 Å². The molecule has 3 aliphatic rings. The Hall–Kier alpha value is -2.44. The van der Waals surface area contributed by atoms with Gasteiger partial charge in [0, 0.05) is 50.3 Å². The molecule has 29 heavy (non-hydrogen) atoms. The van der Waals surface area contributed by atoms with Crippen LogP contribution in [0, 0.1) is 11.8 Å². The van der Waals surface area contributed by atoms with Gasteiger partial charge in [0.2, 0.25) is 5.88 Å². The van der Waals surface area contributed by atoms with Gasteiger partial charge in [-0.2, -0.15) is 0 Å². The maximum absolute atomic E-state index is 12.6. The number of amides is 1. The minimum Gasteiger partial charge on any atom is -0.481 e. The fourth-order valence-corrected chi connectivity index (χ4v) is 5.47. The summed E-state index contributed by atoms with van der Waals surface area (Å²) in [6.07, 6.45) is 4.07. The average Bonchev–Trinajstić information content (AvgIpc) is 3.41. The molecule has 0 unspecified atom stereocenters. The lowest BCUT2D eigenvalue weighted by molar-refractivity contribution is 0.00212. The van der Waals surface area contributed by atoms with Crippen LogP contribution in [0.2, 0.25) is 0 Å². The van der Waals surface area contributed by atoms with Crippen LogP contribution in [0.3, 0.4) is 0 Å². The highest BCUT2D eigenvalue weighted by atomic mass is 16.5.